The molecule has 0 bridgehead atoms. The Kier molecular flexibility index (Phi) is 3.54. The predicted octanol–water partition coefficient (Wildman–Crippen LogP) is -1.89. The van der Waals surface area contributed by atoms with Crippen LogP contribution in [0.3, 0.4) is 0 Å². The highest BCUT2D eigenvalue weighted by Crippen LogP contribution is 2.16. The molecule has 17 heavy (non-hydrogen) atoms. The molecule has 0 spiro atoms. The van der Waals surface area contributed by atoms with Crippen LogP contribution >= 0.6 is 0 Å². The van der Waals surface area contributed by atoms with Crippen molar-refractivity contribution < 1.29 is 24.7 Å². The van der Waals surface area contributed by atoms with Gasteiger partial charge in [0.25, 0.3) is 23.6 Å². The first-order valence-corrected chi connectivity index (χ1v) is 4.68. The normalized spacial score (nSPS) is 18.4. The quantitative estimate of drug-likeness (QED) is 0.557. The molecule has 0 unspecified atom stereocenters. The Hall–Kier alpha value is -2.28. The van der Waals surface area contributed by atoms with Gasteiger partial charge in [0.1, 0.15) is 0 Å². The second kappa shape index (κ2) is 4.71. The summed E-state index contributed by atoms with van der Waals surface area (Å²) in [6.45, 7) is 0. The highest BCUT2D eigenvalue weighted by Gasteiger charge is 2.24. The Bertz CT molecular complexity index is 431. The molecule has 90 valence electrons. The van der Waals surface area contributed by atoms with E-state index in [1.807, 2.05) is 0 Å². The summed E-state index contributed by atoms with van der Waals surface area (Å²) < 4.78 is 0. The maximum atomic E-state index is 11.1. The average Bonchev–Trinajstić information content (AvgIpc) is 2.66. The number of nitrogens with one attached hydrogen (secondary N) is 2. The van der Waals surface area contributed by atoms with Crippen molar-refractivity contribution in [3.63, 3.8) is 0 Å². The van der Waals surface area contributed by atoms with Crippen LogP contribution in [-0.4, -0.2) is 29.1 Å². The summed E-state index contributed by atoms with van der Waals surface area (Å²) in [5.41, 5.74) is 0.663. The van der Waals surface area contributed by atoms with Crippen molar-refractivity contribution in [3.05, 3.63) is 23.3 Å². The van der Waals surface area contributed by atoms with Crippen LogP contribution in [0.1, 0.15) is 12.8 Å². The van der Waals surface area contributed by atoms with E-state index < -0.39 is 23.6 Å². The molecule has 0 aliphatic carbocycles. The van der Waals surface area contributed by atoms with Crippen molar-refractivity contribution in [2.75, 3.05) is 0 Å². The molecule has 4 N–H and O–H groups in total. The van der Waals surface area contributed by atoms with Crippen LogP contribution in [0.15, 0.2) is 23.3 Å². The SMILES string of the molecule is O.O=C1C=C(CCC2=CC(=O)NC2=O)C(=O)N1. The molecule has 0 aromatic carbocycles. The van der Waals surface area contributed by atoms with Crippen molar-refractivity contribution in [1.82, 2.24) is 10.6 Å². The number of amides is 4. The van der Waals surface area contributed by atoms with Gasteiger partial charge in [-0.25, -0.2) is 0 Å². The summed E-state index contributed by atoms with van der Waals surface area (Å²) in [5.74, 6) is -1.76. The molecular formula is C10H10N2O5. The monoisotopic (exact) mass is 238 g/mol. The number of imide groups is 2. The smallest absolute Gasteiger partial charge is 0.254 e. The van der Waals surface area contributed by atoms with Crippen LogP contribution in [0.2, 0.25) is 0 Å². The van der Waals surface area contributed by atoms with E-state index in [2.05, 4.69) is 10.6 Å². The van der Waals surface area contributed by atoms with Gasteiger partial charge in [0.15, 0.2) is 0 Å². The Morgan fingerprint density at radius 1 is 0.765 bits per heavy atom. The molecule has 2 aliphatic rings. The summed E-state index contributed by atoms with van der Waals surface area (Å²) in [4.78, 5) is 43.9. The van der Waals surface area contributed by atoms with E-state index in [0.29, 0.717) is 11.1 Å². The number of hydrogen-bond acceptors (Lipinski definition) is 4. The maximum Gasteiger partial charge on any atom is 0.254 e. The van der Waals surface area contributed by atoms with Gasteiger partial charge in [-0.15, -0.1) is 0 Å². The molecule has 7 nitrogen and oxygen atoms in total. The van der Waals surface area contributed by atoms with Gasteiger partial charge in [-0.05, 0) is 12.8 Å². The molecule has 0 fully saturated rings. The van der Waals surface area contributed by atoms with Crippen molar-refractivity contribution in [3.8, 4) is 0 Å². The van der Waals surface area contributed by atoms with Gasteiger partial charge < -0.3 is 5.48 Å². The van der Waals surface area contributed by atoms with Gasteiger partial charge >= 0.3 is 0 Å². The number of carbonyl (C=O) groups excluding carboxylic acids is 4. The summed E-state index contributed by atoms with van der Waals surface area (Å²) in [6.07, 6.45) is 2.95. The molecule has 2 rings (SSSR count). The molecule has 0 aromatic heterocycles. The highest BCUT2D eigenvalue weighted by atomic mass is 16.2. The minimum atomic E-state index is -0.444. The van der Waals surface area contributed by atoms with Crippen molar-refractivity contribution in [1.29, 1.82) is 0 Å². The third-order valence-corrected chi connectivity index (χ3v) is 2.33. The standard InChI is InChI=1S/C10H8N2O4.H2O/c13-7-3-5(9(15)11-7)1-2-6-4-8(14)12-10(6)16;/h3-4H,1-2H2,(H,11,13,15)(H,12,14,16);1H2. The lowest BCUT2D eigenvalue weighted by molar-refractivity contribution is -0.125. The fraction of sp³-hybridized carbons (Fsp3) is 0.200. The molecule has 0 saturated heterocycles. The van der Waals surface area contributed by atoms with Crippen molar-refractivity contribution in [2.24, 2.45) is 0 Å². The maximum absolute atomic E-state index is 11.1. The van der Waals surface area contributed by atoms with E-state index in [0.717, 1.165) is 0 Å². The van der Waals surface area contributed by atoms with E-state index in [-0.39, 0.29) is 18.3 Å². The number of rotatable bonds is 3. The van der Waals surface area contributed by atoms with Gasteiger partial charge in [-0.1, -0.05) is 0 Å². The number of hydrogen-bond donors (Lipinski definition) is 2. The zero-order chi connectivity index (χ0) is 11.7. The molecule has 2 heterocycles. The average molecular weight is 238 g/mol. The third kappa shape index (κ3) is 2.64. The Morgan fingerprint density at radius 2 is 1.12 bits per heavy atom. The Morgan fingerprint density at radius 3 is 1.35 bits per heavy atom. The van der Waals surface area contributed by atoms with Crippen LogP contribution in [0.25, 0.3) is 0 Å². The van der Waals surface area contributed by atoms with E-state index >= 15 is 0 Å². The summed E-state index contributed by atoms with van der Waals surface area (Å²) >= 11 is 0. The molecule has 0 atom stereocenters. The second-order valence-electron chi connectivity index (χ2n) is 3.48. The topological polar surface area (TPSA) is 124 Å². The van der Waals surface area contributed by atoms with Crippen molar-refractivity contribution >= 4 is 23.6 Å². The summed E-state index contributed by atoms with van der Waals surface area (Å²) in [7, 11) is 0. The Balaban J connectivity index is 0.00000144. The van der Waals surface area contributed by atoms with Crippen molar-refractivity contribution in [2.45, 2.75) is 12.8 Å². The van der Waals surface area contributed by atoms with Gasteiger partial charge in [0, 0.05) is 23.3 Å². The molecule has 4 amide bonds. The largest absolute Gasteiger partial charge is 0.412 e. The number of carbonyl (C=O) groups is 4. The van der Waals surface area contributed by atoms with Crippen LogP contribution in [0, 0.1) is 0 Å². The lowest BCUT2D eigenvalue weighted by Crippen LogP contribution is -2.23. The molecule has 2 aliphatic heterocycles. The molecule has 0 aromatic rings. The minimum Gasteiger partial charge on any atom is -0.412 e. The van der Waals surface area contributed by atoms with E-state index in [9.17, 15) is 19.2 Å². The van der Waals surface area contributed by atoms with Gasteiger partial charge in [0.05, 0.1) is 0 Å². The van der Waals surface area contributed by atoms with E-state index in [1.54, 1.807) is 0 Å². The van der Waals surface area contributed by atoms with E-state index in [1.165, 1.54) is 12.2 Å². The van der Waals surface area contributed by atoms with Crippen LogP contribution < -0.4 is 10.6 Å². The fourth-order valence-electron chi connectivity index (χ4n) is 1.54. The fourth-order valence-corrected chi connectivity index (χ4v) is 1.54. The Labute approximate surface area is 95.9 Å². The van der Waals surface area contributed by atoms with Gasteiger partial charge in [-0.3, -0.25) is 29.8 Å². The third-order valence-electron chi connectivity index (χ3n) is 2.33. The zero-order valence-corrected chi connectivity index (χ0v) is 8.70. The lowest BCUT2D eigenvalue weighted by atomic mass is 10.1. The predicted molar refractivity (Wildman–Crippen MR) is 55.3 cm³/mol. The first-order valence-electron chi connectivity index (χ1n) is 4.68. The lowest BCUT2D eigenvalue weighted by Gasteiger charge is -1.99. The first kappa shape index (κ1) is 12.8. The minimum absolute atomic E-state index is 0. The highest BCUT2D eigenvalue weighted by molar-refractivity contribution is 6.17. The van der Waals surface area contributed by atoms with Crippen LogP contribution in [0.4, 0.5) is 0 Å². The van der Waals surface area contributed by atoms with E-state index in [4.69, 9.17) is 0 Å². The molecule has 0 saturated carbocycles. The first-order chi connectivity index (χ1) is 7.56. The van der Waals surface area contributed by atoms with Gasteiger partial charge in [0.2, 0.25) is 0 Å². The molecular weight excluding hydrogens is 228 g/mol. The summed E-state index contributed by atoms with van der Waals surface area (Å²) in [6, 6.07) is 0. The molecule has 0 radical (unpaired) electrons. The summed E-state index contributed by atoms with van der Waals surface area (Å²) in [5, 5.41) is 4.21. The van der Waals surface area contributed by atoms with Gasteiger partial charge in [-0.2, -0.15) is 0 Å². The van der Waals surface area contributed by atoms with Crippen LogP contribution in [0.5, 0.6) is 0 Å². The van der Waals surface area contributed by atoms with Crippen LogP contribution in [-0.2, 0) is 19.2 Å². The molecule has 7 heteroatoms. The second-order valence-corrected chi connectivity index (χ2v) is 3.48. The zero-order valence-electron chi connectivity index (χ0n) is 8.70.